The van der Waals surface area contributed by atoms with Crippen LogP contribution in [0.3, 0.4) is 0 Å². The van der Waals surface area contributed by atoms with Crippen molar-refractivity contribution < 1.29 is 9.21 Å². The molecule has 5 nitrogen and oxygen atoms in total. The van der Waals surface area contributed by atoms with Crippen molar-refractivity contribution in [1.82, 2.24) is 0 Å². The Morgan fingerprint density at radius 2 is 1.73 bits per heavy atom. The molecule has 1 aromatic heterocycles. The number of amides is 1. The Hall–Kier alpha value is -3.08. The molecule has 0 fully saturated rings. The maximum atomic E-state index is 11.4. The zero-order valence-electron chi connectivity index (χ0n) is 11.9. The molecule has 0 spiro atoms. The van der Waals surface area contributed by atoms with Crippen molar-refractivity contribution in [1.29, 1.82) is 0 Å². The molecule has 22 heavy (non-hydrogen) atoms. The van der Waals surface area contributed by atoms with Gasteiger partial charge in [0, 0.05) is 34.5 Å². The normalized spacial score (nSPS) is 10.6. The number of anilines is 2. The van der Waals surface area contributed by atoms with Gasteiger partial charge in [0.05, 0.1) is 0 Å². The minimum absolute atomic E-state index is 0.368. The molecule has 1 heterocycles. The molecule has 3 N–H and O–H groups in total. The van der Waals surface area contributed by atoms with Crippen LogP contribution in [0.2, 0.25) is 0 Å². The van der Waals surface area contributed by atoms with Crippen LogP contribution in [0.4, 0.5) is 11.4 Å². The van der Waals surface area contributed by atoms with Gasteiger partial charge in [0.2, 0.25) is 5.91 Å². The molecule has 0 aliphatic rings. The summed E-state index contributed by atoms with van der Waals surface area (Å²) in [6.07, 6.45) is 0. The van der Waals surface area contributed by atoms with Crippen LogP contribution < -0.4 is 16.7 Å². The van der Waals surface area contributed by atoms with Crippen molar-refractivity contribution in [3.63, 3.8) is 0 Å². The van der Waals surface area contributed by atoms with E-state index < -0.39 is 5.91 Å². The molecule has 3 aromatic rings. The third kappa shape index (κ3) is 2.69. The lowest BCUT2D eigenvalue weighted by Gasteiger charge is -2.08. The van der Waals surface area contributed by atoms with Crippen molar-refractivity contribution in [2.45, 2.75) is 6.92 Å². The Kier molecular flexibility index (Phi) is 3.39. The minimum Gasteiger partial charge on any atom is -0.423 e. The van der Waals surface area contributed by atoms with E-state index in [0.717, 1.165) is 22.3 Å². The van der Waals surface area contributed by atoms with Crippen LogP contribution in [0.25, 0.3) is 11.0 Å². The number of benzene rings is 2. The Labute approximate surface area is 126 Å². The largest absolute Gasteiger partial charge is 0.423 e. The molecule has 3 rings (SSSR count). The zero-order chi connectivity index (χ0) is 15.7. The summed E-state index contributed by atoms with van der Waals surface area (Å²) in [6, 6.07) is 13.9. The maximum Gasteiger partial charge on any atom is 0.336 e. The summed E-state index contributed by atoms with van der Waals surface area (Å²) in [6.45, 7) is 1.87. The molecule has 0 atom stereocenters. The summed E-state index contributed by atoms with van der Waals surface area (Å²) in [7, 11) is 0. The van der Waals surface area contributed by atoms with Gasteiger partial charge in [-0.2, -0.15) is 0 Å². The van der Waals surface area contributed by atoms with Gasteiger partial charge in [0.1, 0.15) is 5.58 Å². The molecule has 1 amide bonds. The first-order valence-electron chi connectivity index (χ1n) is 6.74. The number of hydrogen-bond acceptors (Lipinski definition) is 4. The van der Waals surface area contributed by atoms with Crippen LogP contribution in [0.5, 0.6) is 0 Å². The van der Waals surface area contributed by atoms with E-state index >= 15 is 0 Å². The summed E-state index contributed by atoms with van der Waals surface area (Å²) in [5, 5.41) is 4.08. The third-order valence-electron chi connectivity index (χ3n) is 3.41. The molecular formula is C17H14N2O3. The SMILES string of the molecule is Cc1cc(=O)oc2cc(Nc3ccc(C(N)=O)cc3)ccc12. The van der Waals surface area contributed by atoms with E-state index in [0.29, 0.717) is 11.1 Å². The summed E-state index contributed by atoms with van der Waals surface area (Å²) in [5.41, 5.74) is 8.29. The van der Waals surface area contributed by atoms with Gasteiger partial charge in [0.15, 0.2) is 0 Å². The highest BCUT2D eigenvalue weighted by atomic mass is 16.4. The zero-order valence-corrected chi connectivity index (χ0v) is 11.9. The molecule has 2 aromatic carbocycles. The molecule has 0 aliphatic heterocycles. The fourth-order valence-electron chi connectivity index (χ4n) is 2.29. The Balaban J connectivity index is 1.93. The average molecular weight is 294 g/mol. The number of rotatable bonds is 3. The number of primary amides is 1. The number of nitrogens with one attached hydrogen (secondary N) is 1. The highest BCUT2D eigenvalue weighted by Crippen LogP contribution is 2.23. The number of nitrogens with two attached hydrogens (primary N) is 1. The Morgan fingerprint density at radius 3 is 2.41 bits per heavy atom. The van der Waals surface area contributed by atoms with Gasteiger partial charge >= 0.3 is 5.63 Å². The van der Waals surface area contributed by atoms with Crippen LogP contribution >= 0.6 is 0 Å². The summed E-state index contributed by atoms with van der Waals surface area (Å²) >= 11 is 0. The van der Waals surface area contributed by atoms with E-state index in [-0.39, 0.29) is 5.63 Å². The molecule has 0 saturated heterocycles. The van der Waals surface area contributed by atoms with Crippen LogP contribution in [-0.2, 0) is 0 Å². The first kappa shape index (κ1) is 13.9. The average Bonchev–Trinajstić information content (AvgIpc) is 2.47. The van der Waals surface area contributed by atoms with Gasteiger partial charge in [-0.1, -0.05) is 0 Å². The number of aryl methyl sites for hydroxylation is 1. The highest BCUT2D eigenvalue weighted by Gasteiger charge is 2.04. The molecule has 0 unspecified atom stereocenters. The van der Waals surface area contributed by atoms with E-state index in [1.54, 1.807) is 30.3 Å². The summed E-state index contributed by atoms with van der Waals surface area (Å²) in [5.74, 6) is -0.463. The molecule has 0 bridgehead atoms. The second kappa shape index (κ2) is 5.37. The van der Waals surface area contributed by atoms with E-state index in [9.17, 15) is 9.59 Å². The monoisotopic (exact) mass is 294 g/mol. The highest BCUT2D eigenvalue weighted by molar-refractivity contribution is 5.93. The number of hydrogen-bond donors (Lipinski definition) is 2. The molecular weight excluding hydrogens is 280 g/mol. The summed E-state index contributed by atoms with van der Waals surface area (Å²) in [4.78, 5) is 22.5. The van der Waals surface area contributed by atoms with Crippen molar-refractivity contribution >= 4 is 28.3 Å². The molecule has 0 aliphatic carbocycles. The van der Waals surface area contributed by atoms with Crippen LogP contribution in [-0.4, -0.2) is 5.91 Å². The maximum absolute atomic E-state index is 11.4. The summed E-state index contributed by atoms with van der Waals surface area (Å²) < 4.78 is 5.21. The second-order valence-corrected chi connectivity index (χ2v) is 5.03. The lowest BCUT2D eigenvalue weighted by atomic mass is 10.1. The first-order valence-corrected chi connectivity index (χ1v) is 6.74. The van der Waals surface area contributed by atoms with Crippen molar-refractivity contribution in [3.05, 3.63) is 70.1 Å². The van der Waals surface area contributed by atoms with E-state index in [1.165, 1.54) is 6.07 Å². The molecule has 5 heteroatoms. The lowest BCUT2D eigenvalue weighted by molar-refractivity contribution is 0.100. The van der Waals surface area contributed by atoms with E-state index in [1.807, 2.05) is 19.1 Å². The second-order valence-electron chi connectivity index (χ2n) is 5.03. The van der Waals surface area contributed by atoms with Gasteiger partial charge in [-0.25, -0.2) is 4.79 Å². The Bertz CT molecular complexity index is 911. The lowest BCUT2D eigenvalue weighted by Crippen LogP contribution is -2.10. The number of fused-ring (bicyclic) bond motifs is 1. The van der Waals surface area contributed by atoms with Gasteiger partial charge in [0.25, 0.3) is 0 Å². The van der Waals surface area contributed by atoms with Crippen molar-refractivity contribution in [2.24, 2.45) is 5.73 Å². The van der Waals surface area contributed by atoms with E-state index in [2.05, 4.69) is 5.32 Å². The van der Waals surface area contributed by atoms with Gasteiger partial charge in [-0.05, 0) is 48.9 Å². The van der Waals surface area contributed by atoms with Gasteiger partial charge in [-0.15, -0.1) is 0 Å². The third-order valence-corrected chi connectivity index (χ3v) is 3.41. The smallest absolute Gasteiger partial charge is 0.336 e. The van der Waals surface area contributed by atoms with E-state index in [4.69, 9.17) is 10.2 Å². The molecule has 0 saturated carbocycles. The van der Waals surface area contributed by atoms with Crippen LogP contribution in [0.1, 0.15) is 15.9 Å². The minimum atomic E-state index is -0.463. The molecule has 110 valence electrons. The Morgan fingerprint density at radius 1 is 1.05 bits per heavy atom. The standard InChI is InChI=1S/C17H14N2O3/c1-10-8-16(20)22-15-9-13(6-7-14(10)15)19-12-4-2-11(3-5-12)17(18)21/h2-9,19H,1H3,(H2,18,21). The predicted molar refractivity (Wildman–Crippen MR) is 85.5 cm³/mol. The van der Waals surface area contributed by atoms with Crippen molar-refractivity contribution in [2.75, 3.05) is 5.32 Å². The molecule has 0 radical (unpaired) electrons. The topological polar surface area (TPSA) is 85.3 Å². The van der Waals surface area contributed by atoms with Crippen molar-refractivity contribution in [3.8, 4) is 0 Å². The number of carbonyl (C=O) groups is 1. The first-order chi connectivity index (χ1) is 10.5. The van der Waals surface area contributed by atoms with Crippen LogP contribution in [0, 0.1) is 6.92 Å². The fraction of sp³-hybridized carbons (Fsp3) is 0.0588. The van der Waals surface area contributed by atoms with Crippen LogP contribution in [0.15, 0.2) is 57.7 Å². The predicted octanol–water partition coefficient (Wildman–Crippen LogP) is 2.94. The van der Waals surface area contributed by atoms with Gasteiger partial charge in [-0.3, -0.25) is 4.79 Å². The number of carbonyl (C=O) groups excluding carboxylic acids is 1. The fourth-order valence-corrected chi connectivity index (χ4v) is 2.29. The quantitative estimate of drug-likeness (QED) is 0.727. The van der Waals surface area contributed by atoms with Gasteiger partial charge < -0.3 is 15.5 Å².